The Kier molecular flexibility index (Phi) is 2.58. The van der Waals surface area contributed by atoms with Gasteiger partial charge in [-0.05, 0) is 26.7 Å². The summed E-state index contributed by atoms with van der Waals surface area (Å²) < 4.78 is 11.5. The Morgan fingerprint density at radius 3 is 2.92 bits per heavy atom. The summed E-state index contributed by atoms with van der Waals surface area (Å²) in [7, 11) is 0. The van der Waals surface area contributed by atoms with Crippen LogP contribution in [-0.2, 0) is 9.47 Å². The molecule has 13 heavy (non-hydrogen) atoms. The van der Waals surface area contributed by atoms with Crippen LogP contribution in [0.2, 0.25) is 0 Å². The quantitative estimate of drug-likeness (QED) is 0.709. The number of hydrogen-bond acceptors (Lipinski definition) is 3. The first-order valence-electron chi connectivity index (χ1n) is 5.20. The normalized spacial score (nSPS) is 31.2. The highest BCUT2D eigenvalue weighted by Crippen LogP contribution is 2.41. The Balaban J connectivity index is 1.73. The van der Waals surface area contributed by atoms with Crippen LogP contribution in [0.1, 0.15) is 26.7 Å². The van der Waals surface area contributed by atoms with Gasteiger partial charge in [0.1, 0.15) is 0 Å². The molecule has 1 heterocycles. The fourth-order valence-corrected chi connectivity index (χ4v) is 1.72. The monoisotopic (exact) mass is 185 g/mol. The van der Waals surface area contributed by atoms with Gasteiger partial charge in [-0.15, -0.1) is 0 Å². The third-order valence-electron chi connectivity index (χ3n) is 2.66. The van der Waals surface area contributed by atoms with E-state index in [0.29, 0.717) is 6.10 Å². The lowest BCUT2D eigenvalue weighted by atomic mass is 10.2. The van der Waals surface area contributed by atoms with E-state index in [1.807, 2.05) is 0 Å². The van der Waals surface area contributed by atoms with Gasteiger partial charge < -0.3 is 14.8 Å². The van der Waals surface area contributed by atoms with Gasteiger partial charge in [-0.25, -0.2) is 0 Å². The Morgan fingerprint density at radius 2 is 2.31 bits per heavy atom. The first-order chi connectivity index (χ1) is 6.20. The molecule has 3 nitrogen and oxygen atoms in total. The second-order valence-electron chi connectivity index (χ2n) is 4.44. The van der Waals surface area contributed by atoms with Crippen molar-refractivity contribution < 1.29 is 9.47 Å². The fraction of sp³-hybridized carbons (Fsp3) is 1.00. The van der Waals surface area contributed by atoms with Crippen LogP contribution in [0.25, 0.3) is 0 Å². The Hall–Kier alpha value is -0.120. The molecule has 2 aliphatic rings. The van der Waals surface area contributed by atoms with Crippen molar-refractivity contribution in [2.75, 3.05) is 19.7 Å². The summed E-state index contributed by atoms with van der Waals surface area (Å²) in [5, 5.41) is 3.41. The Labute approximate surface area is 79.8 Å². The first kappa shape index (κ1) is 9.44. The van der Waals surface area contributed by atoms with Crippen molar-refractivity contribution in [2.45, 2.75) is 44.5 Å². The molecule has 0 aromatic rings. The summed E-state index contributed by atoms with van der Waals surface area (Å²) in [6.07, 6.45) is 3.01. The lowest BCUT2D eigenvalue weighted by Crippen LogP contribution is -2.48. The molecule has 0 radical (unpaired) electrons. The van der Waals surface area contributed by atoms with E-state index >= 15 is 0 Å². The van der Waals surface area contributed by atoms with Crippen LogP contribution >= 0.6 is 0 Å². The zero-order valence-electron chi connectivity index (χ0n) is 8.51. The van der Waals surface area contributed by atoms with Crippen LogP contribution < -0.4 is 5.32 Å². The minimum absolute atomic E-state index is 0.198. The molecule has 76 valence electrons. The van der Waals surface area contributed by atoms with E-state index in [0.717, 1.165) is 19.7 Å². The number of ether oxygens (including phenoxy) is 2. The molecule has 2 rings (SSSR count). The van der Waals surface area contributed by atoms with Crippen LogP contribution in [0.3, 0.4) is 0 Å². The molecule has 0 aromatic carbocycles. The smallest absolute Gasteiger partial charge is 0.0940 e. The summed E-state index contributed by atoms with van der Waals surface area (Å²) >= 11 is 0. The number of hydrogen-bond donors (Lipinski definition) is 1. The SMILES string of the molecule is CC(C)OC[C@@H]1CNCC2(CC2)O1. The van der Waals surface area contributed by atoms with E-state index in [-0.39, 0.29) is 11.7 Å². The second kappa shape index (κ2) is 3.56. The summed E-state index contributed by atoms with van der Waals surface area (Å²) in [4.78, 5) is 0. The summed E-state index contributed by atoms with van der Waals surface area (Å²) in [5.41, 5.74) is 0.198. The average molecular weight is 185 g/mol. The third kappa shape index (κ3) is 2.42. The van der Waals surface area contributed by atoms with Crippen LogP contribution in [-0.4, -0.2) is 37.5 Å². The molecule has 1 atom stereocenters. The van der Waals surface area contributed by atoms with Crippen molar-refractivity contribution in [1.82, 2.24) is 5.32 Å². The van der Waals surface area contributed by atoms with Crippen LogP contribution in [0.4, 0.5) is 0 Å². The van der Waals surface area contributed by atoms with E-state index in [2.05, 4.69) is 19.2 Å². The highest BCUT2D eigenvalue weighted by atomic mass is 16.6. The molecule has 0 unspecified atom stereocenters. The van der Waals surface area contributed by atoms with Crippen molar-refractivity contribution in [3.05, 3.63) is 0 Å². The van der Waals surface area contributed by atoms with Gasteiger partial charge in [-0.3, -0.25) is 0 Å². The summed E-state index contributed by atoms with van der Waals surface area (Å²) in [5.74, 6) is 0. The van der Waals surface area contributed by atoms with E-state index in [1.54, 1.807) is 0 Å². The van der Waals surface area contributed by atoms with Crippen molar-refractivity contribution in [2.24, 2.45) is 0 Å². The fourth-order valence-electron chi connectivity index (χ4n) is 1.72. The van der Waals surface area contributed by atoms with E-state index in [4.69, 9.17) is 9.47 Å². The Bertz CT molecular complexity index is 178. The lowest BCUT2D eigenvalue weighted by molar-refractivity contribution is -0.0977. The first-order valence-corrected chi connectivity index (χ1v) is 5.20. The van der Waals surface area contributed by atoms with Gasteiger partial charge in [0.15, 0.2) is 0 Å². The molecule has 2 fully saturated rings. The minimum atomic E-state index is 0.198. The van der Waals surface area contributed by atoms with Crippen molar-refractivity contribution in [1.29, 1.82) is 0 Å². The highest BCUT2D eigenvalue weighted by Gasteiger charge is 2.47. The summed E-state index contributed by atoms with van der Waals surface area (Å²) in [6.45, 7) is 6.82. The zero-order chi connectivity index (χ0) is 9.31. The van der Waals surface area contributed by atoms with Crippen LogP contribution in [0.15, 0.2) is 0 Å². The molecule has 0 amide bonds. The number of nitrogens with one attached hydrogen (secondary N) is 1. The molecule has 1 saturated heterocycles. The van der Waals surface area contributed by atoms with E-state index < -0.39 is 0 Å². The molecule has 1 aliphatic carbocycles. The average Bonchev–Trinajstić information content (AvgIpc) is 2.82. The van der Waals surface area contributed by atoms with Gasteiger partial charge in [0.2, 0.25) is 0 Å². The third-order valence-corrected chi connectivity index (χ3v) is 2.66. The highest BCUT2D eigenvalue weighted by molar-refractivity contribution is 5.01. The molecule has 1 spiro atoms. The molecule has 1 N–H and O–H groups in total. The number of rotatable bonds is 3. The van der Waals surface area contributed by atoms with Gasteiger partial charge >= 0.3 is 0 Å². The minimum Gasteiger partial charge on any atom is -0.376 e. The van der Waals surface area contributed by atoms with Gasteiger partial charge in [0, 0.05) is 13.1 Å². The van der Waals surface area contributed by atoms with Crippen LogP contribution in [0.5, 0.6) is 0 Å². The predicted octanol–water partition coefficient (Wildman–Crippen LogP) is 0.932. The standard InChI is InChI=1S/C10H19NO2/c1-8(2)12-6-9-5-11-7-10(13-9)3-4-10/h8-9,11H,3-7H2,1-2H3/t9-/m0/s1. The van der Waals surface area contributed by atoms with Gasteiger partial charge in [-0.1, -0.05) is 0 Å². The molecule has 1 saturated carbocycles. The largest absolute Gasteiger partial charge is 0.376 e. The van der Waals surface area contributed by atoms with Crippen molar-refractivity contribution >= 4 is 0 Å². The molecule has 1 aliphatic heterocycles. The second-order valence-corrected chi connectivity index (χ2v) is 4.44. The maximum absolute atomic E-state index is 5.95. The van der Waals surface area contributed by atoms with E-state index in [9.17, 15) is 0 Å². The summed E-state index contributed by atoms with van der Waals surface area (Å²) in [6, 6.07) is 0. The predicted molar refractivity (Wildman–Crippen MR) is 50.8 cm³/mol. The molecule has 0 aromatic heterocycles. The molecule has 3 heteroatoms. The molecule has 0 bridgehead atoms. The van der Waals surface area contributed by atoms with Gasteiger partial charge in [0.25, 0.3) is 0 Å². The topological polar surface area (TPSA) is 30.5 Å². The molecular formula is C10H19NO2. The molecular weight excluding hydrogens is 166 g/mol. The Morgan fingerprint density at radius 1 is 1.54 bits per heavy atom. The van der Waals surface area contributed by atoms with Crippen molar-refractivity contribution in [3.63, 3.8) is 0 Å². The maximum Gasteiger partial charge on any atom is 0.0940 e. The van der Waals surface area contributed by atoms with E-state index in [1.165, 1.54) is 12.8 Å². The zero-order valence-corrected chi connectivity index (χ0v) is 8.51. The maximum atomic E-state index is 5.95. The van der Waals surface area contributed by atoms with Gasteiger partial charge in [-0.2, -0.15) is 0 Å². The number of morpholine rings is 1. The van der Waals surface area contributed by atoms with Gasteiger partial charge in [0.05, 0.1) is 24.4 Å². The van der Waals surface area contributed by atoms with Crippen molar-refractivity contribution in [3.8, 4) is 0 Å². The lowest BCUT2D eigenvalue weighted by Gasteiger charge is -2.31. The van der Waals surface area contributed by atoms with Crippen LogP contribution in [0, 0.1) is 0 Å².